The first-order valence-electron chi connectivity index (χ1n) is 7.58. The van der Waals surface area contributed by atoms with E-state index in [4.69, 9.17) is 9.47 Å². The molecule has 0 spiro atoms. The summed E-state index contributed by atoms with van der Waals surface area (Å²) >= 11 is 0. The molecule has 3 rings (SSSR count). The van der Waals surface area contributed by atoms with Crippen molar-refractivity contribution in [3.63, 3.8) is 0 Å². The van der Waals surface area contributed by atoms with E-state index in [0.29, 0.717) is 17.8 Å². The van der Waals surface area contributed by atoms with Gasteiger partial charge in [-0.05, 0) is 41.5 Å². The Bertz CT molecular complexity index is 764. The molecule has 1 aliphatic heterocycles. The maximum Gasteiger partial charge on any atom is 0.165 e. The highest BCUT2D eigenvalue weighted by atomic mass is 16.5. The van der Waals surface area contributed by atoms with E-state index in [9.17, 15) is 15.0 Å². The van der Waals surface area contributed by atoms with Gasteiger partial charge in [0, 0.05) is 5.56 Å². The van der Waals surface area contributed by atoms with Crippen LogP contribution in [0.4, 0.5) is 0 Å². The number of carbonyl (C=O) groups is 1. The van der Waals surface area contributed by atoms with Crippen molar-refractivity contribution in [3.05, 3.63) is 59.2 Å². The maximum absolute atomic E-state index is 10.5. The van der Waals surface area contributed by atoms with Gasteiger partial charge in [-0.15, -0.1) is 0 Å². The molecule has 24 heavy (non-hydrogen) atoms. The topological polar surface area (TPSA) is 76.0 Å². The lowest BCUT2D eigenvalue weighted by Gasteiger charge is -2.17. The molecule has 0 bridgehead atoms. The van der Waals surface area contributed by atoms with Gasteiger partial charge in [0.15, 0.2) is 11.5 Å². The fraction of sp³-hybridized carbons (Fsp3) is 0.211. The van der Waals surface area contributed by atoms with Gasteiger partial charge in [0.2, 0.25) is 0 Å². The number of phenols is 1. The first kappa shape index (κ1) is 16.1. The van der Waals surface area contributed by atoms with Crippen molar-refractivity contribution < 1.29 is 24.5 Å². The average molecular weight is 326 g/mol. The minimum atomic E-state index is -0.371. The number of aldehydes is 1. The van der Waals surface area contributed by atoms with E-state index < -0.39 is 0 Å². The summed E-state index contributed by atoms with van der Waals surface area (Å²) in [5.74, 6) is 1.06. The number of ether oxygens (including phenoxy) is 2. The van der Waals surface area contributed by atoms with Gasteiger partial charge in [-0.2, -0.15) is 0 Å². The highest BCUT2D eigenvalue weighted by Crippen LogP contribution is 2.50. The zero-order chi connectivity index (χ0) is 17.1. The second kappa shape index (κ2) is 6.76. The van der Waals surface area contributed by atoms with E-state index in [-0.39, 0.29) is 24.4 Å². The van der Waals surface area contributed by atoms with Gasteiger partial charge in [0.1, 0.15) is 18.1 Å². The molecule has 5 nitrogen and oxygen atoms in total. The van der Waals surface area contributed by atoms with Crippen LogP contribution in [0.1, 0.15) is 28.7 Å². The molecule has 2 atom stereocenters. The van der Waals surface area contributed by atoms with E-state index in [0.717, 1.165) is 16.7 Å². The molecule has 2 aromatic rings. The van der Waals surface area contributed by atoms with Gasteiger partial charge >= 0.3 is 0 Å². The molecule has 124 valence electrons. The van der Waals surface area contributed by atoms with E-state index >= 15 is 0 Å². The van der Waals surface area contributed by atoms with Crippen LogP contribution >= 0.6 is 0 Å². The van der Waals surface area contributed by atoms with Crippen molar-refractivity contribution in [2.24, 2.45) is 0 Å². The molecule has 0 fully saturated rings. The molecule has 1 aliphatic rings. The number of hydrogen-bond donors (Lipinski definition) is 2. The van der Waals surface area contributed by atoms with Crippen LogP contribution in [0, 0.1) is 0 Å². The second-order valence-corrected chi connectivity index (χ2v) is 5.56. The van der Waals surface area contributed by atoms with Crippen molar-refractivity contribution in [3.8, 4) is 17.2 Å². The van der Waals surface area contributed by atoms with Crippen molar-refractivity contribution >= 4 is 12.4 Å². The highest BCUT2D eigenvalue weighted by Gasteiger charge is 2.37. The maximum atomic E-state index is 10.5. The number of aliphatic hydroxyl groups excluding tert-OH is 1. The summed E-state index contributed by atoms with van der Waals surface area (Å²) in [6, 6.07) is 10.4. The second-order valence-electron chi connectivity index (χ2n) is 5.56. The Morgan fingerprint density at radius 3 is 2.62 bits per heavy atom. The van der Waals surface area contributed by atoms with E-state index in [2.05, 4.69) is 0 Å². The SMILES string of the molecule is COc1cc(/C=C/C=O)cc2c1O[C@@H](c1ccc(O)cc1)[C@@H]2CO. The Morgan fingerprint density at radius 2 is 2.00 bits per heavy atom. The summed E-state index contributed by atoms with van der Waals surface area (Å²) in [7, 11) is 1.55. The molecule has 0 unspecified atom stereocenters. The summed E-state index contributed by atoms with van der Waals surface area (Å²) in [5.41, 5.74) is 2.49. The third-order valence-corrected chi connectivity index (χ3v) is 4.12. The van der Waals surface area contributed by atoms with Gasteiger partial charge < -0.3 is 19.7 Å². The predicted molar refractivity (Wildman–Crippen MR) is 89.4 cm³/mol. The molecule has 0 aromatic heterocycles. The zero-order valence-corrected chi connectivity index (χ0v) is 13.2. The molecule has 2 N–H and O–H groups in total. The van der Waals surface area contributed by atoms with Crippen LogP contribution in [0.15, 0.2) is 42.5 Å². The molecule has 0 radical (unpaired) electrons. The molecule has 0 aliphatic carbocycles. The van der Waals surface area contributed by atoms with Crippen molar-refractivity contribution in [1.29, 1.82) is 0 Å². The van der Waals surface area contributed by atoms with Crippen LogP contribution in [0.5, 0.6) is 17.2 Å². The van der Waals surface area contributed by atoms with Gasteiger partial charge in [0.25, 0.3) is 0 Å². The van der Waals surface area contributed by atoms with Crippen LogP contribution in [0.2, 0.25) is 0 Å². The summed E-state index contributed by atoms with van der Waals surface area (Å²) in [5, 5.41) is 19.3. The Hall–Kier alpha value is -2.79. The van der Waals surface area contributed by atoms with Crippen molar-refractivity contribution in [1.82, 2.24) is 0 Å². The normalized spacial score (nSPS) is 19.1. The number of benzene rings is 2. The fourth-order valence-corrected chi connectivity index (χ4v) is 2.98. The molecule has 0 saturated carbocycles. The van der Waals surface area contributed by atoms with E-state index in [1.165, 1.54) is 6.08 Å². The highest BCUT2D eigenvalue weighted by molar-refractivity contribution is 5.75. The van der Waals surface area contributed by atoms with E-state index in [1.54, 1.807) is 43.5 Å². The monoisotopic (exact) mass is 326 g/mol. The summed E-state index contributed by atoms with van der Waals surface area (Å²) in [6.45, 7) is -0.0947. The fourth-order valence-electron chi connectivity index (χ4n) is 2.98. The lowest BCUT2D eigenvalue weighted by Crippen LogP contribution is -2.13. The third-order valence-electron chi connectivity index (χ3n) is 4.12. The number of rotatable bonds is 5. The smallest absolute Gasteiger partial charge is 0.165 e. The first-order valence-corrected chi connectivity index (χ1v) is 7.58. The average Bonchev–Trinajstić information content (AvgIpc) is 2.98. The first-order chi connectivity index (χ1) is 11.7. The Balaban J connectivity index is 2.04. The Labute approximate surface area is 139 Å². The van der Waals surface area contributed by atoms with Crippen LogP contribution in [-0.4, -0.2) is 30.2 Å². The quantitative estimate of drug-likeness (QED) is 0.653. The van der Waals surface area contributed by atoms with Gasteiger partial charge in [0.05, 0.1) is 19.6 Å². The van der Waals surface area contributed by atoms with Gasteiger partial charge in [-0.25, -0.2) is 0 Å². The molecule has 0 amide bonds. The largest absolute Gasteiger partial charge is 0.508 e. The number of allylic oxidation sites excluding steroid dienone is 1. The van der Waals surface area contributed by atoms with Crippen LogP contribution in [0.3, 0.4) is 0 Å². The minimum Gasteiger partial charge on any atom is -0.508 e. The number of phenolic OH excluding ortho intramolecular Hbond substituents is 1. The Morgan fingerprint density at radius 1 is 1.25 bits per heavy atom. The number of hydrogen-bond acceptors (Lipinski definition) is 5. The van der Waals surface area contributed by atoms with Gasteiger partial charge in [-0.1, -0.05) is 18.2 Å². The number of fused-ring (bicyclic) bond motifs is 1. The third kappa shape index (κ3) is 2.86. The van der Waals surface area contributed by atoms with Crippen molar-refractivity contribution in [2.45, 2.75) is 12.0 Å². The molecule has 5 heteroatoms. The van der Waals surface area contributed by atoms with Crippen molar-refractivity contribution in [2.75, 3.05) is 13.7 Å². The summed E-state index contributed by atoms with van der Waals surface area (Å²) in [6.07, 6.45) is 3.42. The number of aromatic hydroxyl groups is 1. The van der Waals surface area contributed by atoms with Crippen LogP contribution in [-0.2, 0) is 4.79 Å². The lowest BCUT2D eigenvalue weighted by atomic mass is 9.90. The lowest BCUT2D eigenvalue weighted by molar-refractivity contribution is -0.104. The summed E-state index contributed by atoms with van der Waals surface area (Å²) in [4.78, 5) is 10.5. The van der Waals surface area contributed by atoms with E-state index in [1.807, 2.05) is 6.07 Å². The Kier molecular flexibility index (Phi) is 4.53. The van der Waals surface area contributed by atoms with Crippen LogP contribution in [0.25, 0.3) is 6.08 Å². The molecule has 1 heterocycles. The minimum absolute atomic E-state index is 0.0947. The zero-order valence-electron chi connectivity index (χ0n) is 13.2. The predicted octanol–water partition coefficient (Wildman–Crippen LogP) is 2.82. The molecule has 0 saturated heterocycles. The van der Waals surface area contributed by atoms with Gasteiger partial charge in [-0.3, -0.25) is 4.79 Å². The number of aliphatic hydroxyl groups is 1. The standard InChI is InChI=1S/C19H18O5/c1-23-17-10-12(3-2-8-20)9-15-16(11-21)18(24-19(15)17)13-4-6-14(22)7-5-13/h2-10,16,18,21-22H,11H2,1H3/b3-2+/t16-,18+/m1/s1. The number of carbonyl (C=O) groups excluding carboxylic acids is 1. The molecular weight excluding hydrogens is 308 g/mol. The molecule has 2 aromatic carbocycles. The molecular formula is C19H18O5. The summed E-state index contributed by atoms with van der Waals surface area (Å²) < 4.78 is 11.5. The van der Waals surface area contributed by atoms with Crippen LogP contribution < -0.4 is 9.47 Å². The number of methoxy groups -OCH3 is 1.